The van der Waals surface area contributed by atoms with Gasteiger partial charge in [-0.15, -0.1) is 0 Å². The van der Waals surface area contributed by atoms with Crippen LogP contribution in [0.3, 0.4) is 0 Å². The molecule has 4 heteroatoms. The maximum Gasteiger partial charge on any atom is 0.407 e. The fourth-order valence-corrected chi connectivity index (χ4v) is 2.32. The number of carbonyl (C=O) groups is 1. The number of hydrogen-bond donors (Lipinski definition) is 1. The number of carbonyl (C=O) groups excluding carboxylic acids is 1. The van der Waals surface area contributed by atoms with Crippen molar-refractivity contribution in [1.82, 2.24) is 5.32 Å². The van der Waals surface area contributed by atoms with E-state index in [-0.39, 0.29) is 24.3 Å². The topological polar surface area (TPSA) is 47.6 Å². The Bertz CT molecular complexity index is 309. The lowest BCUT2D eigenvalue weighted by Gasteiger charge is -2.35. The fourth-order valence-electron chi connectivity index (χ4n) is 2.32. The van der Waals surface area contributed by atoms with Gasteiger partial charge in [-0.1, -0.05) is 26.7 Å². The van der Waals surface area contributed by atoms with E-state index in [1.807, 2.05) is 20.8 Å². The van der Waals surface area contributed by atoms with Gasteiger partial charge in [-0.2, -0.15) is 0 Å². The Kier molecular flexibility index (Phi) is 6.31. The molecular weight excluding hydrogens is 254 g/mol. The molecule has 1 aliphatic carbocycles. The third-order valence-electron chi connectivity index (χ3n) is 3.73. The lowest BCUT2D eigenvalue weighted by Crippen LogP contribution is -2.49. The second kappa shape index (κ2) is 7.30. The van der Waals surface area contributed by atoms with Crippen LogP contribution >= 0.6 is 0 Å². The highest BCUT2D eigenvalue weighted by Gasteiger charge is 2.30. The first-order chi connectivity index (χ1) is 9.19. The minimum atomic E-state index is -0.458. The van der Waals surface area contributed by atoms with Crippen LogP contribution in [0, 0.1) is 5.92 Å². The Morgan fingerprint density at radius 3 is 2.30 bits per heavy atom. The molecule has 0 spiro atoms. The van der Waals surface area contributed by atoms with Crippen LogP contribution < -0.4 is 5.32 Å². The zero-order valence-corrected chi connectivity index (χ0v) is 13.9. The summed E-state index contributed by atoms with van der Waals surface area (Å²) in [6.07, 6.45) is 4.26. The predicted molar refractivity (Wildman–Crippen MR) is 80.8 cm³/mol. The molecule has 0 heterocycles. The van der Waals surface area contributed by atoms with Crippen molar-refractivity contribution >= 4 is 6.09 Å². The van der Waals surface area contributed by atoms with E-state index in [0.29, 0.717) is 5.92 Å². The van der Waals surface area contributed by atoms with E-state index < -0.39 is 5.60 Å². The first-order valence-electron chi connectivity index (χ1n) is 7.84. The third kappa shape index (κ3) is 6.12. The number of ether oxygens (including phenoxy) is 2. The summed E-state index contributed by atoms with van der Waals surface area (Å²) in [4.78, 5) is 11.9. The van der Waals surface area contributed by atoms with Crippen LogP contribution in [0.1, 0.15) is 67.2 Å². The minimum absolute atomic E-state index is 0.0693. The maximum absolute atomic E-state index is 11.9. The summed E-state index contributed by atoms with van der Waals surface area (Å²) in [5.74, 6) is 0.485. The van der Waals surface area contributed by atoms with E-state index in [0.717, 1.165) is 19.3 Å². The summed E-state index contributed by atoms with van der Waals surface area (Å²) in [7, 11) is 0. The van der Waals surface area contributed by atoms with Crippen LogP contribution in [0.5, 0.6) is 0 Å². The largest absolute Gasteiger partial charge is 0.444 e. The molecule has 1 rings (SSSR count). The van der Waals surface area contributed by atoms with Crippen LogP contribution in [0.4, 0.5) is 4.79 Å². The van der Waals surface area contributed by atoms with Gasteiger partial charge in [-0.05, 0) is 46.5 Å². The molecule has 1 unspecified atom stereocenters. The molecular formula is C16H31NO3. The Hall–Kier alpha value is -0.770. The molecule has 20 heavy (non-hydrogen) atoms. The quantitative estimate of drug-likeness (QED) is 0.852. The average molecular weight is 285 g/mol. The van der Waals surface area contributed by atoms with E-state index in [1.54, 1.807) is 0 Å². The van der Waals surface area contributed by atoms with Gasteiger partial charge < -0.3 is 14.8 Å². The van der Waals surface area contributed by atoms with Gasteiger partial charge in [0.1, 0.15) is 5.60 Å². The van der Waals surface area contributed by atoms with Gasteiger partial charge in [0.2, 0.25) is 0 Å². The normalized spacial score (nSPS) is 25.4. The Morgan fingerprint density at radius 1 is 1.15 bits per heavy atom. The first-order valence-corrected chi connectivity index (χ1v) is 7.84. The van der Waals surface area contributed by atoms with Crippen molar-refractivity contribution in [1.29, 1.82) is 0 Å². The molecule has 0 aromatic heterocycles. The molecule has 0 aromatic carbocycles. The minimum Gasteiger partial charge on any atom is -0.444 e. The lowest BCUT2D eigenvalue weighted by molar-refractivity contribution is -0.0579. The van der Waals surface area contributed by atoms with Crippen LogP contribution in [0.25, 0.3) is 0 Å². The van der Waals surface area contributed by atoms with Gasteiger partial charge in [0, 0.05) is 0 Å². The highest BCUT2D eigenvalue weighted by Crippen LogP contribution is 2.24. The maximum atomic E-state index is 11.9. The summed E-state index contributed by atoms with van der Waals surface area (Å²) in [5, 5.41) is 2.98. The fraction of sp³-hybridized carbons (Fsp3) is 0.938. The number of alkyl carbamates (subject to hydrolysis) is 1. The second-order valence-electron chi connectivity index (χ2n) is 7.16. The molecule has 4 nitrogen and oxygen atoms in total. The molecule has 0 bridgehead atoms. The zero-order valence-electron chi connectivity index (χ0n) is 13.9. The third-order valence-corrected chi connectivity index (χ3v) is 3.73. The van der Waals surface area contributed by atoms with Gasteiger partial charge >= 0.3 is 6.09 Å². The van der Waals surface area contributed by atoms with E-state index in [9.17, 15) is 4.79 Å². The van der Waals surface area contributed by atoms with Gasteiger partial charge in [0.15, 0.2) is 0 Å². The number of hydrogen-bond acceptors (Lipinski definition) is 3. The lowest BCUT2D eigenvalue weighted by atomic mass is 9.92. The molecule has 0 aliphatic heterocycles. The molecule has 0 saturated heterocycles. The summed E-state index contributed by atoms with van der Waals surface area (Å²) >= 11 is 0. The van der Waals surface area contributed by atoms with Crippen LogP contribution in [-0.4, -0.2) is 29.9 Å². The number of rotatable bonds is 4. The van der Waals surface area contributed by atoms with Crippen LogP contribution in [0.15, 0.2) is 0 Å². The van der Waals surface area contributed by atoms with Gasteiger partial charge in [-0.25, -0.2) is 4.79 Å². The predicted octanol–water partition coefficient (Wildman–Crippen LogP) is 3.88. The zero-order chi connectivity index (χ0) is 15.3. The van der Waals surface area contributed by atoms with Crippen molar-refractivity contribution < 1.29 is 14.3 Å². The van der Waals surface area contributed by atoms with Crippen molar-refractivity contribution in [3.63, 3.8) is 0 Å². The van der Waals surface area contributed by atoms with E-state index in [2.05, 4.69) is 26.1 Å². The monoisotopic (exact) mass is 285 g/mol. The van der Waals surface area contributed by atoms with Crippen LogP contribution in [-0.2, 0) is 9.47 Å². The molecule has 0 aromatic rings. The summed E-state index contributed by atoms with van der Waals surface area (Å²) in [6.45, 7) is 12.0. The summed E-state index contributed by atoms with van der Waals surface area (Å²) in [5.41, 5.74) is -0.458. The van der Waals surface area contributed by atoms with Gasteiger partial charge in [-0.3, -0.25) is 0 Å². The molecule has 1 amide bonds. The Morgan fingerprint density at radius 2 is 1.75 bits per heavy atom. The van der Waals surface area contributed by atoms with Crippen molar-refractivity contribution in [3.05, 3.63) is 0 Å². The smallest absolute Gasteiger partial charge is 0.407 e. The van der Waals surface area contributed by atoms with E-state index in [1.165, 1.54) is 6.42 Å². The molecule has 0 radical (unpaired) electrons. The van der Waals surface area contributed by atoms with E-state index >= 15 is 0 Å². The van der Waals surface area contributed by atoms with Gasteiger partial charge in [0.25, 0.3) is 0 Å². The van der Waals surface area contributed by atoms with Crippen LogP contribution in [0.2, 0.25) is 0 Å². The van der Waals surface area contributed by atoms with Gasteiger partial charge in [0.05, 0.1) is 18.2 Å². The molecule has 1 N–H and O–H groups in total. The molecule has 3 atom stereocenters. The van der Waals surface area contributed by atoms with Crippen molar-refractivity contribution in [2.75, 3.05) is 0 Å². The highest BCUT2D eigenvalue weighted by molar-refractivity contribution is 5.68. The first kappa shape index (κ1) is 17.3. The van der Waals surface area contributed by atoms with Crippen molar-refractivity contribution in [2.45, 2.75) is 91.1 Å². The molecule has 1 aliphatic rings. The number of nitrogens with one attached hydrogen (secondary N) is 1. The summed E-state index contributed by atoms with van der Waals surface area (Å²) < 4.78 is 11.5. The Balaban J connectivity index is 2.54. The van der Waals surface area contributed by atoms with Crippen molar-refractivity contribution in [2.24, 2.45) is 5.92 Å². The van der Waals surface area contributed by atoms with Crippen molar-refractivity contribution in [3.8, 4) is 0 Å². The standard InChI is InChI=1S/C16H31NO3/c1-11(2)12(3)19-14-10-8-7-9-13(14)17-15(18)20-16(4,5)6/h11-14H,7-10H2,1-6H3,(H,17,18)/t12?,13-,14-/m0/s1. The van der Waals surface area contributed by atoms with E-state index in [4.69, 9.17) is 9.47 Å². The number of amides is 1. The SMILES string of the molecule is CC(C)C(C)O[C@H]1CCCC[C@@H]1NC(=O)OC(C)(C)C. The highest BCUT2D eigenvalue weighted by atomic mass is 16.6. The average Bonchev–Trinajstić information content (AvgIpc) is 2.28. The molecule has 1 fully saturated rings. The molecule has 118 valence electrons. The molecule has 1 saturated carbocycles. The second-order valence-corrected chi connectivity index (χ2v) is 7.16. The Labute approximate surface area is 123 Å². The summed E-state index contributed by atoms with van der Waals surface area (Å²) in [6, 6.07) is 0.0693.